The summed E-state index contributed by atoms with van der Waals surface area (Å²) in [5, 5.41) is 34.4. The lowest BCUT2D eigenvalue weighted by atomic mass is 10.1. The number of hydrogen-bond donors (Lipinski definition) is 4. The van der Waals surface area contributed by atoms with Crippen molar-refractivity contribution >= 4 is 12.2 Å². The van der Waals surface area contributed by atoms with Crippen LogP contribution in [0.1, 0.15) is 11.1 Å². The van der Waals surface area contributed by atoms with Crippen molar-refractivity contribution in [1.82, 2.24) is 10.2 Å². The summed E-state index contributed by atoms with van der Waals surface area (Å²) < 4.78 is 0. The summed E-state index contributed by atoms with van der Waals surface area (Å²) in [6, 6.07) is 13.9. The summed E-state index contributed by atoms with van der Waals surface area (Å²) in [5.74, 6) is -0.245. The molecular formula is C17H14N2O3. The molecule has 22 heavy (non-hydrogen) atoms. The van der Waals surface area contributed by atoms with Gasteiger partial charge in [0, 0.05) is 11.6 Å². The van der Waals surface area contributed by atoms with Gasteiger partial charge in [0.05, 0.1) is 5.69 Å². The second-order valence-electron chi connectivity index (χ2n) is 4.84. The highest BCUT2D eigenvalue weighted by Crippen LogP contribution is 2.26. The third-order valence-electron chi connectivity index (χ3n) is 3.24. The number of rotatable bonds is 3. The van der Waals surface area contributed by atoms with E-state index in [9.17, 15) is 15.3 Å². The minimum Gasteiger partial charge on any atom is -0.504 e. The molecule has 0 saturated heterocycles. The number of aromatic amines is 1. The van der Waals surface area contributed by atoms with Crippen molar-refractivity contribution in [2.24, 2.45) is 0 Å². The van der Waals surface area contributed by atoms with E-state index in [-0.39, 0.29) is 17.4 Å². The molecule has 0 radical (unpaired) electrons. The van der Waals surface area contributed by atoms with Gasteiger partial charge in [0.15, 0.2) is 11.5 Å². The van der Waals surface area contributed by atoms with E-state index in [4.69, 9.17) is 0 Å². The molecule has 0 aliphatic rings. The molecule has 0 atom stereocenters. The molecule has 3 aromatic rings. The second kappa shape index (κ2) is 5.65. The first kappa shape index (κ1) is 13.8. The predicted molar refractivity (Wildman–Crippen MR) is 84.4 cm³/mol. The molecule has 0 bridgehead atoms. The van der Waals surface area contributed by atoms with Crippen molar-refractivity contribution in [1.29, 1.82) is 0 Å². The van der Waals surface area contributed by atoms with Crippen LogP contribution in [0.3, 0.4) is 0 Å². The van der Waals surface area contributed by atoms with Crippen LogP contribution >= 0.6 is 0 Å². The summed E-state index contributed by atoms with van der Waals surface area (Å²) in [6.07, 6.45) is 3.74. The first-order valence-corrected chi connectivity index (χ1v) is 6.67. The molecule has 0 spiro atoms. The van der Waals surface area contributed by atoms with Crippen LogP contribution in [0.2, 0.25) is 0 Å². The highest BCUT2D eigenvalue weighted by atomic mass is 16.3. The van der Waals surface area contributed by atoms with E-state index < -0.39 is 0 Å². The van der Waals surface area contributed by atoms with Crippen LogP contribution in [0.5, 0.6) is 17.4 Å². The van der Waals surface area contributed by atoms with E-state index in [1.54, 1.807) is 12.1 Å². The van der Waals surface area contributed by atoms with Gasteiger partial charge in [-0.05, 0) is 23.3 Å². The SMILES string of the molecule is Oc1cc(-c2ccc(C=Cc3ccc(O)c(O)c3)cc2)n[nH]1. The fourth-order valence-electron chi connectivity index (χ4n) is 2.06. The summed E-state index contributed by atoms with van der Waals surface area (Å²) in [6.45, 7) is 0. The minimum absolute atomic E-state index is 0.0334. The minimum atomic E-state index is -0.143. The zero-order chi connectivity index (χ0) is 15.5. The monoisotopic (exact) mass is 294 g/mol. The van der Waals surface area contributed by atoms with E-state index in [0.717, 1.165) is 16.7 Å². The first-order chi connectivity index (χ1) is 10.6. The average Bonchev–Trinajstić information content (AvgIpc) is 2.95. The maximum atomic E-state index is 9.45. The fourth-order valence-corrected chi connectivity index (χ4v) is 2.06. The maximum absolute atomic E-state index is 9.45. The van der Waals surface area contributed by atoms with Gasteiger partial charge in [-0.25, -0.2) is 5.10 Å². The molecule has 110 valence electrons. The van der Waals surface area contributed by atoms with E-state index >= 15 is 0 Å². The van der Waals surface area contributed by atoms with E-state index in [0.29, 0.717) is 5.69 Å². The largest absolute Gasteiger partial charge is 0.504 e. The second-order valence-corrected chi connectivity index (χ2v) is 4.84. The molecule has 0 aliphatic carbocycles. The van der Waals surface area contributed by atoms with E-state index in [1.807, 2.05) is 36.4 Å². The van der Waals surface area contributed by atoms with E-state index in [1.165, 1.54) is 12.1 Å². The number of phenolic OH excluding ortho intramolecular Hbond substituents is 2. The van der Waals surface area contributed by atoms with Gasteiger partial charge < -0.3 is 15.3 Å². The zero-order valence-corrected chi connectivity index (χ0v) is 11.6. The van der Waals surface area contributed by atoms with Gasteiger partial charge in [0.1, 0.15) is 0 Å². The molecule has 1 heterocycles. The number of nitrogens with zero attached hydrogens (tertiary/aromatic N) is 1. The molecule has 5 heteroatoms. The first-order valence-electron chi connectivity index (χ1n) is 6.67. The number of benzene rings is 2. The topological polar surface area (TPSA) is 89.4 Å². The van der Waals surface area contributed by atoms with Gasteiger partial charge in [-0.3, -0.25) is 0 Å². The molecule has 3 rings (SSSR count). The highest BCUT2D eigenvalue weighted by Gasteiger charge is 2.02. The summed E-state index contributed by atoms with van der Waals surface area (Å²) in [4.78, 5) is 0. The van der Waals surface area contributed by atoms with Crippen molar-refractivity contribution in [3.05, 3.63) is 59.7 Å². The Morgan fingerprint density at radius 1 is 0.773 bits per heavy atom. The Labute approximate surface area is 126 Å². The van der Waals surface area contributed by atoms with E-state index in [2.05, 4.69) is 10.2 Å². The third kappa shape index (κ3) is 2.93. The number of aromatic hydroxyl groups is 3. The van der Waals surface area contributed by atoms with Crippen LogP contribution in [0.4, 0.5) is 0 Å². The zero-order valence-electron chi connectivity index (χ0n) is 11.6. The van der Waals surface area contributed by atoms with Gasteiger partial charge >= 0.3 is 0 Å². The molecule has 0 aliphatic heterocycles. The van der Waals surface area contributed by atoms with Crippen molar-refractivity contribution < 1.29 is 15.3 Å². The van der Waals surface area contributed by atoms with Crippen LogP contribution < -0.4 is 0 Å². The summed E-state index contributed by atoms with van der Waals surface area (Å²) in [7, 11) is 0. The molecule has 0 fully saturated rings. The normalized spacial score (nSPS) is 11.1. The fraction of sp³-hybridized carbons (Fsp3) is 0. The lowest BCUT2D eigenvalue weighted by Crippen LogP contribution is -1.79. The number of H-pyrrole nitrogens is 1. The Hall–Kier alpha value is -3.21. The predicted octanol–water partition coefficient (Wildman–Crippen LogP) is 3.36. The molecule has 0 unspecified atom stereocenters. The number of nitrogens with one attached hydrogen (secondary N) is 1. The van der Waals surface area contributed by atoms with Crippen molar-refractivity contribution in [3.63, 3.8) is 0 Å². The van der Waals surface area contributed by atoms with Crippen LogP contribution in [-0.2, 0) is 0 Å². The number of aromatic nitrogens is 2. The van der Waals surface area contributed by atoms with Gasteiger partial charge in [0.25, 0.3) is 0 Å². The van der Waals surface area contributed by atoms with Gasteiger partial charge in [-0.1, -0.05) is 42.5 Å². The Bertz CT molecular complexity index is 820. The Balaban J connectivity index is 1.78. The molecule has 2 aromatic carbocycles. The van der Waals surface area contributed by atoms with Crippen molar-refractivity contribution in [2.45, 2.75) is 0 Å². The molecule has 0 amide bonds. The standard InChI is InChI=1S/C17H14N2O3/c20-15-8-5-12(9-16(15)21)2-1-11-3-6-13(7-4-11)14-10-17(22)19-18-14/h1-10,20-21H,(H2,18,19,22). The third-order valence-corrected chi connectivity index (χ3v) is 3.24. The molecule has 1 aromatic heterocycles. The van der Waals surface area contributed by atoms with Crippen molar-refractivity contribution in [3.8, 4) is 28.6 Å². The Morgan fingerprint density at radius 2 is 1.45 bits per heavy atom. The maximum Gasteiger partial charge on any atom is 0.207 e. The van der Waals surface area contributed by atoms with Crippen LogP contribution in [0.25, 0.3) is 23.4 Å². The number of phenols is 2. The summed E-state index contributed by atoms with van der Waals surface area (Å²) in [5.41, 5.74) is 3.35. The Morgan fingerprint density at radius 3 is 2.09 bits per heavy atom. The number of hydrogen-bond acceptors (Lipinski definition) is 4. The molecular weight excluding hydrogens is 280 g/mol. The van der Waals surface area contributed by atoms with Crippen LogP contribution in [-0.4, -0.2) is 25.5 Å². The lowest BCUT2D eigenvalue weighted by Gasteiger charge is -2.00. The summed E-state index contributed by atoms with van der Waals surface area (Å²) >= 11 is 0. The highest BCUT2D eigenvalue weighted by molar-refractivity contribution is 5.72. The van der Waals surface area contributed by atoms with Crippen LogP contribution in [0, 0.1) is 0 Å². The Kier molecular flexibility index (Phi) is 3.53. The van der Waals surface area contributed by atoms with Gasteiger partial charge in [-0.15, -0.1) is 0 Å². The van der Waals surface area contributed by atoms with Gasteiger partial charge in [0.2, 0.25) is 5.88 Å². The van der Waals surface area contributed by atoms with Crippen molar-refractivity contribution in [2.75, 3.05) is 0 Å². The molecule has 4 N–H and O–H groups in total. The average molecular weight is 294 g/mol. The van der Waals surface area contributed by atoms with Gasteiger partial charge in [-0.2, -0.15) is 5.10 Å². The smallest absolute Gasteiger partial charge is 0.207 e. The lowest BCUT2D eigenvalue weighted by molar-refractivity contribution is 0.403. The molecule has 0 saturated carbocycles. The van der Waals surface area contributed by atoms with Crippen LogP contribution in [0.15, 0.2) is 48.5 Å². The molecule has 5 nitrogen and oxygen atoms in total. The quantitative estimate of drug-likeness (QED) is 0.440.